The number of nitrogens with zero attached hydrogens (tertiary/aromatic N) is 4. The molecule has 0 N–H and O–H groups in total. The maximum atomic E-state index is 14.3. The van der Waals surface area contributed by atoms with Gasteiger partial charge in [-0.25, -0.2) is 0 Å². The number of imide groups is 2. The van der Waals surface area contributed by atoms with Crippen LogP contribution in [0.3, 0.4) is 0 Å². The highest BCUT2D eigenvalue weighted by Crippen LogP contribution is 2.40. The molecule has 4 amide bonds. The van der Waals surface area contributed by atoms with E-state index in [1.54, 1.807) is 34.3 Å². The van der Waals surface area contributed by atoms with Gasteiger partial charge in [-0.15, -0.1) is 0 Å². The number of rotatable bonds is 8. The molecule has 8 nitrogen and oxygen atoms in total. The zero-order valence-electron chi connectivity index (χ0n) is 25.7. The molecule has 48 heavy (non-hydrogen) atoms. The Balaban J connectivity index is 1.23. The first-order valence-electron chi connectivity index (χ1n) is 15.6. The fraction of sp³-hybridized carbons (Fsp3) is 0.0500. The van der Waals surface area contributed by atoms with Gasteiger partial charge in [0.15, 0.2) is 0 Å². The molecule has 0 saturated heterocycles. The first-order valence-corrected chi connectivity index (χ1v) is 15.6. The van der Waals surface area contributed by atoms with Gasteiger partial charge >= 0.3 is 0 Å². The Hall–Kier alpha value is -6.54. The first kappa shape index (κ1) is 28.9. The summed E-state index contributed by atoms with van der Waals surface area (Å²) < 4.78 is 0. The van der Waals surface area contributed by atoms with Gasteiger partial charge in [0.25, 0.3) is 23.6 Å². The summed E-state index contributed by atoms with van der Waals surface area (Å²) in [7, 11) is 0. The van der Waals surface area contributed by atoms with E-state index < -0.39 is 23.6 Å². The summed E-state index contributed by atoms with van der Waals surface area (Å²) in [5, 5.41) is 6.30. The molecule has 0 aliphatic carbocycles. The smallest absolute Gasteiger partial charge is 0.271 e. The Kier molecular flexibility index (Phi) is 7.03. The number of carbonyl (C=O) groups excluding carboxylic acids is 4. The van der Waals surface area contributed by atoms with Crippen LogP contribution < -0.4 is 10.0 Å². The van der Waals surface area contributed by atoms with Gasteiger partial charge in [-0.3, -0.25) is 29.2 Å². The van der Waals surface area contributed by atoms with Crippen LogP contribution in [0, 0.1) is 0 Å². The van der Waals surface area contributed by atoms with E-state index in [0.29, 0.717) is 22.1 Å². The standard InChI is InChI=1S/C40H28N4O4/c45-37-31-21-23-33-36-34(40(48)44(39(33)47)42(30-19-11-4-12-20-30)26-28-15-7-2-8-16-28)24-22-32(35(31)36)38(46)43(37)41(29-17-9-3-10-18-29)25-27-13-5-1-6-14-27/h1-24H,25-26H2. The van der Waals surface area contributed by atoms with Crippen molar-refractivity contribution in [2.45, 2.75) is 13.1 Å². The number of hydrogen-bond donors (Lipinski definition) is 0. The molecule has 0 unspecified atom stereocenters. The summed E-state index contributed by atoms with van der Waals surface area (Å²) in [5.74, 6) is -2.14. The number of benzene rings is 6. The third-order valence-corrected chi connectivity index (χ3v) is 8.79. The molecule has 2 heterocycles. The predicted molar refractivity (Wildman–Crippen MR) is 183 cm³/mol. The molecule has 0 bridgehead atoms. The topological polar surface area (TPSA) is 81.2 Å². The molecule has 0 atom stereocenters. The zero-order valence-corrected chi connectivity index (χ0v) is 25.7. The number of carbonyl (C=O) groups is 4. The summed E-state index contributed by atoms with van der Waals surface area (Å²) in [6.45, 7) is 0.527. The highest BCUT2D eigenvalue weighted by atomic mass is 16.2. The van der Waals surface area contributed by atoms with E-state index in [9.17, 15) is 19.2 Å². The monoisotopic (exact) mass is 628 g/mol. The quantitative estimate of drug-likeness (QED) is 0.165. The van der Waals surface area contributed by atoms with Crippen molar-refractivity contribution in [2.75, 3.05) is 10.0 Å². The molecule has 0 aromatic heterocycles. The van der Waals surface area contributed by atoms with E-state index in [0.717, 1.165) is 21.1 Å². The lowest BCUT2D eigenvalue weighted by atomic mass is 9.86. The number of anilines is 2. The number of para-hydroxylation sites is 2. The minimum atomic E-state index is -0.534. The molecule has 0 spiro atoms. The molecule has 2 aliphatic rings. The van der Waals surface area contributed by atoms with Gasteiger partial charge in [-0.1, -0.05) is 97.1 Å². The Morgan fingerprint density at radius 2 is 0.625 bits per heavy atom. The molecule has 0 radical (unpaired) electrons. The largest absolute Gasteiger partial charge is 0.280 e. The molecule has 232 valence electrons. The van der Waals surface area contributed by atoms with Crippen LogP contribution in [-0.2, 0) is 13.1 Å². The molecule has 2 aliphatic heterocycles. The summed E-state index contributed by atoms with van der Waals surface area (Å²) in [4.78, 5) is 57.4. The Bertz CT molecular complexity index is 1990. The molecular formula is C40H28N4O4. The summed E-state index contributed by atoms with van der Waals surface area (Å²) >= 11 is 0. The highest BCUT2D eigenvalue weighted by Gasteiger charge is 2.43. The van der Waals surface area contributed by atoms with Crippen molar-refractivity contribution >= 4 is 45.8 Å². The minimum Gasteiger partial charge on any atom is -0.271 e. The van der Waals surface area contributed by atoms with Crippen molar-refractivity contribution in [1.29, 1.82) is 0 Å². The lowest BCUT2D eigenvalue weighted by Crippen LogP contribution is -2.53. The molecule has 0 saturated carbocycles. The van der Waals surface area contributed by atoms with Gasteiger partial charge in [0.05, 0.1) is 46.7 Å². The van der Waals surface area contributed by atoms with E-state index in [1.165, 1.54) is 0 Å². The van der Waals surface area contributed by atoms with Crippen molar-refractivity contribution < 1.29 is 19.2 Å². The van der Waals surface area contributed by atoms with Gasteiger partial charge in [-0.05, 0) is 59.7 Å². The van der Waals surface area contributed by atoms with Gasteiger partial charge in [-0.2, -0.15) is 10.0 Å². The molecular weight excluding hydrogens is 600 g/mol. The van der Waals surface area contributed by atoms with Crippen LogP contribution >= 0.6 is 0 Å². The second-order valence-electron chi connectivity index (χ2n) is 11.7. The van der Waals surface area contributed by atoms with E-state index in [2.05, 4.69) is 0 Å². The molecule has 8 heteroatoms. The third-order valence-electron chi connectivity index (χ3n) is 8.79. The maximum Gasteiger partial charge on any atom is 0.280 e. The van der Waals surface area contributed by atoms with Crippen LogP contribution in [0.5, 0.6) is 0 Å². The van der Waals surface area contributed by atoms with Gasteiger partial charge < -0.3 is 0 Å². The van der Waals surface area contributed by atoms with Crippen molar-refractivity contribution in [3.8, 4) is 0 Å². The lowest BCUT2D eigenvalue weighted by Gasteiger charge is -2.40. The Labute approximate surface area is 276 Å². The fourth-order valence-electron chi connectivity index (χ4n) is 6.56. The molecule has 0 fully saturated rings. The van der Waals surface area contributed by atoms with E-state index in [-0.39, 0.29) is 35.3 Å². The van der Waals surface area contributed by atoms with Gasteiger partial charge in [0, 0.05) is 10.8 Å². The number of hydrazine groups is 2. The first-order chi connectivity index (χ1) is 23.5. The normalized spacial score (nSPS) is 13.7. The average molecular weight is 629 g/mol. The highest BCUT2D eigenvalue weighted by molar-refractivity contribution is 6.33. The second kappa shape index (κ2) is 11.7. The Morgan fingerprint density at radius 3 is 0.917 bits per heavy atom. The van der Waals surface area contributed by atoms with Crippen LogP contribution in [0.25, 0.3) is 10.8 Å². The summed E-state index contributed by atoms with van der Waals surface area (Å²) in [6, 6.07) is 44.1. The van der Waals surface area contributed by atoms with Crippen LogP contribution in [0.4, 0.5) is 11.4 Å². The van der Waals surface area contributed by atoms with E-state index in [4.69, 9.17) is 0 Å². The summed E-state index contributed by atoms with van der Waals surface area (Å²) in [6.07, 6.45) is 0. The van der Waals surface area contributed by atoms with E-state index in [1.807, 2.05) is 121 Å². The van der Waals surface area contributed by atoms with Crippen LogP contribution in [0.1, 0.15) is 52.6 Å². The molecule has 6 aromatic carbocycles. The predicted octanol–water partition coefficient (Wildman–Crippen LogP) is 7.28. The SMILES string of the molecule is O=C1c2ccc3c4c(ccc(c24)C(=O)N1N(Cc1ccccc1)c1ccccc1)C(=O)N(N(Cc1ccccc1)c1ccccc1)C3=O. The summed E-state index contributed by atoms with van der Waals surface area (Å²) in [5.41, 5.74) is 4.14. The van der Waals surface area contributed by atoms with Crippen molar-refractivity contribution in [3.63, 3.8) is 0 Å². The molecule has 6 aromatic rings. The van der Waals surface area contributed by atoms with Crippen molar-refractivity contribution in [1.82, 2.24) is 10.0 Å². The van der Waals surface area contributed by atoms with Crippen LogP contribution in [0.15, 0.2) is 146 Å². The van der Waals surface area contributed by atoms with Crippen LogP contribution in [0.2, 0.25) is 0 Å². The fourth-order valence-corrected chi connectivity index (χ4v) is 6.56. The minimum absolute atomic E-state index is 0.248. The lowest BCUT2D eigenvalue weighted by molar-refractivity contribution is 0.0564. The van der Waals surface area contributed by atoms with Crippen LogP contribution in [-0.4, -0.2) is 33.6 Å². The Morgan fingerprint density at radius 1 is 0.354 bits per heavy atom. The average Bonchev–Trinajstić information content (AvgIpc) is 3.13. The van der Waals surface area contributed by atoms with Crippen molar-refractivity contribution in [3.05, 3.63) is 179 Å². The van der Waals surface area contributed by atoms with Crippen molar-refractivity contribution in [2.24, 2.45) is 0 Å². The van der Waals surface area contributed by atoms with Gasteiger partial charge in [0.1, 0.15) is 0 Å². The number of amides is 4. The second-order valence-corrected chi connectivity index (χ2v) is 11.7. The number of hydrogen-bond acceptors (Lipinski definition) is 6. The van der Waals surface area contributed by atoms with Gasteiger partial charge in [0.2, 0.25) is 0 Å². The molecule has 8 rings (SSSR count). The van der Waals surface area contributed by atoms with E-state index >= 15 is 0 Å². The maximum absolute atomic E-state index is 14.3. The zero-order chi connectivity index (χ0) is 32.8. The third kappa shape index (κ3) is 4.70.